The van der Waals surface area contributed by atoms with Crippen molar-refractivity contribution >= 4 is 10.9 Å². The van der Waals surface area contributed by atoms with E-state index in [9.17, 15) is 4.39 Å². The van der Waals surface area contributed by atoms with Crippen LogP contribution >= 0.6 is 0 Å². The van der Waals surface area contributed by atoms with E-state index in [1.54, 1.807) is 12.1 Å². The molecule has 0 bridgehead atoms. The average molecular weight is 260 g/mol. The molecular formula is C16H21FN2. The molecule has 19 heavy (non-hydrogen) atoms. The Kier molecular flexibility index (Phi) is 3.31. The summed E-state index contributed by atoms with van der Waals surface area (Å²) in [5.74, 6) is 0.639. The molecule has 1 aromatic carbocycles. The van der Waals surface area contributed by atoms with Gasteiger partial charge in [0.15, 0.2) is 0 Å². The number of nitrogens with zero attached hydrogens (tertiary/aromatic N) is 2. The monoisotopic (exact) mass is 260 g/mol. The zero-order chi connectivity index (χ0) is 13.4. The summed E-state index contributed by atoms with van der Waals surface area (Å²) >= 11 is 0. The molecule has 102 valence electrons. The predicted molar refractivity (Wildman–Crippen MR) is 76.8 cm³/mol. The van der Waals surface area contributed by atoms with Crippen LogP contribution in [0.3, 0.4) is 0 Å². The maximum Gasteiger partial charge on any atom is 0.123 e. The highest BCUT2D eigenvalue weighted by molar-refractivity contribution is 5.80. The van der Waals surface area contributed by atoms with Crippen LogP contribution in [0.5, 0.6) is 0 Å². The summed E-state index contributed by atoms with van der Waals surface area (Å²) in [7, 11) is 4.28. The molecule has 2 nitrogen and oxygen atoms in total. The molecule has 1 heterocycles. The normalized spacial score (nSPS) is 23.6. The topological polar surface area (TPSA) is 8.17 Å². The van der Waals surface area contributed by atoms with Crippen molar-refractivity contribution < 1.29 is 4.39 Å². The summed E-state index contributed by atoms with van der Waals surface area (Å²) in [5.41, 5.74) is 1.16. The number of hydrogen-bond donors (Lipinski definition) is 0. The second-order valence-corrected chi connectivity index (χ2v) is 6.02. The summed E-state index contributed by atoms with van der Waals surface area (Å²) in [4.78, 5) is 2.27. The van der Waals surface area contributed by atoms with E-state index >= 15 is 0 Å². The van der Waals surface area contributed by atoms with Crippen LogP contribution in [-0.2, 0) is 0 Å². The summed E-state index contributed by atoms with van der Waals surface area (Å²) in [6, 6.07) is 7.69. The second kappa shape index (κ2) is 4.97. The molecule has 0 unspecified atom stereocenters. The van der Waals surface area contributed by atoms with Crippen molar-refractivity contribution in [1.29, 1.82) is 0 Å². The lowest BCUT2D eigenvalue weighted by Gasteiger charge is -2.17. The fourth-order valence-corrected chi connectivity index (χ4v) is 3.44. The van der Waals surface area contributed by atoms with Gasteiger partial charge in [-0.3, -0.25) is 0 Å². The first kappa shape index (κ1) is 12.7. The van der Waals surface area contributed by atoms with Gasteiger partial charge in [-0.25, -0.2) is 4.39 Å². The van der Waals surface area contributed by atoms with Crippen molar-refractivity contribution in [2.75, 3.05) is 20.6 Å². The zero-order valence-electron chi connectivity index (χ0n) is 11.6. The Labute approximate surface area is 113 Å². The molecule has 1 aromatic heterocycles. The van der Waals surface area contributed by atoms with Gasteiger partial charge in [0.05, 0.1) is 0 Å². The van der Waals surface area contributed by atoms with Gasteiger partial charge in [-0.1, -0.05) is 0 Å². The van der Waals surface area contributed by atoms with Gasteiger partial charge >= 0.3 is 0 Å². The van der Waals surface area contributed by atoms with E-state index < -0.39 is 0 Å². The highest BCUT2D eigenvalue weighted by Crippen LogP contribution is 2.37. The van der Waals surface area contributed by atoms with Gasteiger partial charge in [-0.15, -0.1) is 0 Å². The van der Waals surface area contributed by atoms with Crippen molar-refractivity contribution in [3.8, 4) is 0 Å². The molecule has 2 atom stereocenters. The van der Waals surface area contributed by atoms with E-state index in [0.717, 1.165) is 16.8 Å². The van der Waals surface area contributed by atoms with E-state index in [2.05, 4.69) is 29.8 Å². The maximum atomic E-state index is 13.2. The first-order chi connectivity index (χ1) is 9.13. The highest BCUT2D eigenvalue weighted by atomic mass is 19.1. The summed E-state index contributed by atoms with van der Waals surface area (Å²) in [5, 5.41) is 1.01. The SMILES string of the molecule is CN(C)C[C@@H]1CC[C@H](n2ccc3cc(F)ccc32)C1. The third-order valence-electron chi connectivity index (χ3n) is 4.21. The quantitative estimate of drug-likeness (QED) is 0.817. The molecule has 0 saturated heterocycles. The lowest BCUT2D eigenvalue weighted by molar-refractivity contribution is 0.322. The minimum Gasteiger partial charge on any atom is -0.344 e. The van der Waals surface area contributed by atoms with Crippen LogP contribution in [0.15, 0.2) is 30.5 Å². The molecule has 1 fully saturated rings. The van der Waals surface area contributed by atoms with Crippen molar-refractivity contribution in [1.82, 2.24) is 9.47 Å². The van der Waals surface area contributed by atoms with Gasteiger partial charge in [-0.05, 0) is 63.5 Å². The minimum atomic E-state index is -0.151. The Hall–Kier alpha value is -1.35. The molecular weight excluding hydrogens is 239 g/mol. The molecule has 0 spiro atoms. The van der Waals surface area contributed by atoms with Gasteiger partial charge in [0.2, 0.25) is 0 Å². The number of fused-ring (bicyclic) bond motifs is 1. The standard InChI is InChI=1S/C16H21FN2/c1-18(2)11-12-3-5-15(9-12)19-8-7-13-10-14(17)4-6-16(13)19/h4,6-8,10,12,15H,3,5,9,11H2,1-2H3/t12-,15+/m1/s1. The molecule has 3 rings (SSSR count). The van der Waals surface area contributed by atoms with E-state index in [4.69, 9.17) is 0 Å². The van der Waals surface area contributed by atoms with Crippen LogP contribution in [0, 0.1) is 11.7 Å². The third-order valence-corrected chi connectivity index (χ3v) is 4.21. The van der Waals surface area contributed by atoms with Crippen LogP contribution in [0.2, 0.25) is 0 Å². The molecule has 1 aliphatic rings. The van der Waals surface area contributed by atoms with Crippen LogP contribution in [0.4, 0.5) is 4.39 Å². The smallest absolute Gasteiger partial charge is 0.123 e. The van der Waals surface area contributed by atoms with Crippen molar-refractivity contribution in [3.05, 3.63) is 36.3 Å². The summed E-state index contributed by atoms with van der Waals surface area (Å²) in [6.07, 6.45) is 5.88. The van der Waals surface area contributed by atoms with E-state index in [-0.39, 0.29) is 5.82 Å². The van der Waals surface area contributed by atoms with Gasteiger partial charge in [0.25, 0.3) is 0 Å². The van der Waals surface area contributed by atoms with Crippen molar-refractivity contribution in [2.45, 2.75) is 25.3 Å². The highest BCUT2D eigenvalue weighted by Gasteiger charge is 2.26. The Balaban J connectivity index is 1.82. The molecule has 0 aliphatic heterocycles. The Bertz CT molecular complexity index is 573. The summed E-state index contributed by atoms with van der Waals surface area (Å²) in [6.45, 7) is 1.17. The molecule has 3 heteroatoms. The number of benzene rings is 1. The van der Waals surface area contributed by atoms with Crippen LogP contribution in [-0.4, -0.2) is 30.1 Å². The molecule has 0 N–H and O–H groups in total. The van der Waals surface area contributed by atoms with Crippen LogP contribution in [0.25, 0.3) is 10.9 Å². The number of rotatable bonds is 3. The van der Waals surface area contributed by atoms with Gasteiger partial charge in [0.1, 0.15) is 5.82 Å². The number of hydrogen-bond acceptors (Lipinski definition) is 1. The fourth-order valence-electron chi connectivity index (χ4n) is 3.44. The number of aromatic nitrogens is 1. The van der Waals surface area contributed by atoms with Gasteiger partial charge in [0, 0.05) is 29.7 Å². The average Bonchev–Trinajstić information content (AvgIpc) is 2.93. The first-order valence-corrected chi connectivity index (χ1v) is 7.04. The van der Waals surface area contributed by atoms with Crippen molar-refractivity contribution in [3.63, 3.8) is 0 Å². The molecule has 1 aliphatic carbocycles. The molecule has 1 saturated carbocycles. The van der Waals surface area contributed by atoms with Gasteiger partial charge < -0.3 is 9.47 Å². The zero-order valence-corrected chi connectivity index (χ0v) is 11.6. The second-order valence-electron chi connectivity index (χ2n) is 6.02. The Morgan fingerprint density at radius 2 is 2.11 bits per heavy atom. The Morgan fingerprint density at radius 1 is 1.26 bits per heavy atom. The number of halogens is 1. The van der Waals surface area contributed by atoms with Crippen LogP contribution in [0.1, 0.15) is 25.3 Å². The maximum absolute atomic E-state index is 13.2. The molecule has 0 amide bonds. The van der Waals surface area contributed by atoms with E-state index in [1.807, 2.05) is 12.1 Å². The predicted octanol–water partition coefficient (Wildman–Crippen LogP) is 3.68. The largest absolute Gasteiger partial charge is 0.344 e. The summed E-state index contributed by atoms with van der Waals surface area (Å²) < 4.78 is 15.6. The molecule has 0 radical (unpaired) electrons. The lowest BCUT2D eigenvalue weighted by Crippen LogP contribution is -2.20. The molecule has 2 aromatic rings. The Morgan fingerprint density at radius 3 is 2.89 bits per heavy atom. The van der Waals surface area contributed by atoms with Gasteiger partial charge in [-0.2, -0.15) is 0 Å². The lowest BCUT2D eigenvalue weighted by atomic mass is 10.1. The first-order valence-electron chi connectivity index (χ1n) is 7.04. The van der Waals surface area contributed by atoms with Crippen molar-refractivity contribution in [2.24, 2.45) is 5.92 Å². The van der Waals surface area contributed by atoms with E-state index in [1.165, 1.54) is 25.8 Å². The fraction of sp³-hybridized carbons (Fsp3) is 0.500. The minimum absolute atomic E-state index is 0.151. The van der Waals surface area contributed by atoms with Crippen LogP contribution < -0.4 is 0 Å². The third kappa shape index (κ3) is 2.52. The van der Waals surface area contributed by atoms with E-state index in [0.29, 0.717) is 6.04 Å².